The summed E-state index contributed by atoms with van der Waals surface area (Å²) in [6, 6.07) is 4.11. The van der Waals surface area contributed by atoms with Gasteiger partial charge in [0, 0.05) is 30.7 Å². The second-order valence-corrected chi connectivity index (χ2v) is 12.3. The van der Waals surface area contributed by atoms with Gasteiger partial charge in [0.25, 0.3) is 0 Å². The number of carbonyl (C=O) groups is 1. The lowest BCUT2D eigenvalue weighted by Crippen LogP contribution is -2.51. The number of hydrogen-bond donors (Lipinski definition) is 0. The molecule has 1 amide bonds. The molecule has 2 heterocycles. The number of alkyl halides is 3. The van der Waals surface area contributed by atoms with Crippen molar-refractivity contribution in [1.82, 2.24) is 14.1 Å². The Morgan fingerprint density at radius 1 is 1.08 bits per heavy atom. The maximum atomic E-state index is 13.4. The molecule has 3 rings (SSSR count). The average molecular weight is 562 g/mol. The molecule has 0 aromatic heterocycles. The molecule has 0 N–H and O–H groups in total. The minimum atomic E-state index is -4.52. The summed E-state index contributed by atoms with van der Waals surface area (Å²) in [5.41, 5.74) is -0.865. The summed E-state index contributed by atoms with van der Waals surface area (Å²) in [7, 11) is -3.93. The summed E-state index contributed by atoms with van der Waals surface area (Å²) >= 11 is 0. The molecule has 0 spiro atoms. The molecule has 3 unspecified atom stereocenters. The number of benzene rings is 1. The third-order valence-electron chi connectivity index (χ3n) is 7.93. The van der Waals surface area contributed by atoms with Crippen LogP contribution in [0.1, 0.15) is 78.2 Å². The van der Waals surface area contributed by atoms with Gasteiger partial charge in [-0.25, -0.2) is 13.2 Å². The fourth-order valence-corrected chi connectivity index (χ4v) is 7.70. The molecule has 216 valence electrons. The molecule has 0 radical (unpaired) electrons. The van der Waals surface area contributed by atoms with Crippen molar-refractivity contribution in [2.75, 3.05) is 26.2 Å². The van der Waals surface area contributed by atoms with Gasteiger partial charge in [-0.15, -0.1) is 0 Å². The summed E-state index contributed by atoms with van der Waals surface area (Å²) in [4.78, 5) is 16.7. The van der Waals surface area contributed by atoms with Crippen LogP contribution in [0.15, 0.2) is 29.2 Å². The van der Waals surface area contributed by atoms with Crippen LogP contribution in [0.3, 0.4) is 0 Å². The highest BCUT2D eigenvalue weighted by molar-refractivity contribution is 7.89. The highest BCUT2D eigenvalue weighted by atomic mass is 32.2. The molecule has 11 heteroatoms. The number of sulfonamides is 1. The average Bonchev–Trinajstić information content (AvgIpc) is 3.25. The number of piperidine rings is 1. The van der Waals surface area contributed by atoms with E-state index in [1.54, 1.807) is 0 Å². The van der Waals surface area contributed by atoms with Gasteiger partial charge in [0.05, 0.1) is 17.1 Å². The predicted octanol–water partition coefficient (Wildman–Crippen LogP) is 5.75. The molecule has 2 aliphatic heterocycles. The summed E-state index contributed by atoms with van der Waals surface area (Å²) in [6.45, 7) is 10.0. The van der Waals surface area contributed by atoms with Crippen LogP contribution in [0.5, 0.6) is 0 Å². The fourth-order valence-electron chi connectivity index (χ4n) is 5.93. The number of nitrogens with zero attached hydrogens (tertiary/aromatic N) is 3. The molecular formula is C27H42F3N3O4S. The number of halogens is 3. The minimum Gasteiger partial charge on any atom is -0.450 e. The van der Waals surface area contributed by atoms with Gasteiger partial charge in [0.15, 0.2) is 0 Å². The number of amides is 1. The summed E-state index contributed by atoms with van der Waals surface area (Å²) in [5.74, 6) is 0. The van der Waals surface area contributed by atoms with Gasteiger partial charge in [0.2, 0.25) is 10.0 Å². The maximum absolute atomic E-state index is 13.4. The van der Waals surface area contributed by atoms with E-state index in [9.17, 15) is 26.4 Å². The van der Waals surface area contributed by atoms with Crippen molar-refractivity contribution in [2.24, 2.45) is 0 Å². The zero-order valence-electron chi connectivity index (χ0n) is 22.9. The summed E-state index contributed by atoms with van der Waals surface area (Å²) in [5, 5.41) is 0. The van der Waals surface area contributed by atoms with Crippen molar-refractivity contribution in [3.05, 3.63) is 29.8 Å². The molecule has 38 heavy (non-hydrogen) atoms. The fraction of sp³-hybridized carbons (Fsp3) is 0.741. The first-order valence-electron chi connectivity index (χ1n) is 13.8. The Kier molecular flexibility index (Phi) is 10.5. The topological polar surface area (TPSA) is 70.2 Å². The van der Waals surface area contributed by atoms with E-state index in [4.69, 9.17) is 4.74 Å². The molecular weight excluding hydrogens is 519 g/mol. The Hall–Kier alpha value is -1.85. The summed E-state index contributed by atoms with van der Waals surface area (Å²) < 4.78 is 72.6. The molecule has 0 bridgehead atoms. The van der Waals surface area contributed by atoms with Crippen LogP contribution < -0.4 is 0 Å². The minimum absolute atomic E-state index is 0.109. The highest BCUT2D eigenvalue weighted by Gasteiger charge is 2.39. The van der Waals surface area contributed by atoms with Gasteiger partial charge in [-0.05, 0) is 96.1 Å². The zero-order chi connectivity index (χ0) is 28.1. The largest absolute Gasteiger partial charge is 0.450 e. The quantitative estimate of drug-likeness (QED) is 0.364. The van der Waals surface area contributed by atoms with Crippen LogP contribution >= 0.6 is 0 Å². The highest BCUT2D eigenvalue weighted by Crippen LogP contribution is 2.33. The van der Waals surface area contributed by atoms with Crippen LogP contribution in [0.2, 0.25) is 0 Å². The van der Waals surface area contributed by atoms with E-state index in [2.05, 4.69) is 18.7 Å². The second kappa shape index (κ2) is 13.0. The van der Waals surface area contributed by atoms with Gasteiger partial charge in [-0.1, -0.05) is 13.8 Å². The molecule has 1 aromatic carbocycles. The lowest BCUT2D eigenvalue weighted by atomic mass is 9.97. The first-order chi connectivity index (χ1) is 17.9. The van der Waals surface area contributed by atoms with Crippen molar-refractivity contribution in [3.63, 3.8) is 0 Å². The third-order valence-corrected chi connectivity index (χ3v) is 9.90. The van der Waals surface area contributed by atoms with Gasteiger partial charge in [-0.3, -0.25) is 0 Å². The van der Waals surface area contributed by atoms with Crippen molar-refractivity contribution < 1.29 is 31.1 Å². The molecule has 2 fully saturated rings. The number of ether oxygens (including phenoxy) is 1. The van der Waals surface area contributed by atoms with Gasteiger partial charge >= 0.3 is 12.3 Å². The molecule has 2 aliphatic rings. The van der Waals surface area contributed by atoms with Crippen molar-refractivity contribution in [1.29, 1.82) is 0 Å². The van der Waals surface area contributed by atoms with Gasteiger partial charge in [0.1, 0.15) is 0 Å². The van der Waals surface area contributed by atoms with Crippen molar-refractivity contribution in [2.45, 2.75) is 108 Å². The third kappa shape index (κ3) is 7.01. The van der Waals surface area contributed by atoms with Crippen LogP contribution in [0, 0.1) is 0 Å². The van der Waals surface area contributed by atoms with E-state index in [1.165, 1.54) is 4.31 Å². The predicted molar refractivity (Wildman–Crippen MR) is 140 cm³/mol. The van der Waals surface area contributed by atoms with E-state index < -0.39 is 21.8 Å². The van der Waals surface area contributed by atoms with Crippen LogP contribution in [0.4, 0.5) is 18.0 Å². The van der Waals surface area contributed by atoms with Crippen molar-refractivity contribution >= 4 is 16.1 Å². The zero-order valence-corrected chi connectivity index (χ0v) is 23.7. The van der Waals surface area contributed by atoms with Gasteiger partial charge in [-0.2, -0.15) is 17.5 Å². The first-order valence-corrected chi connectivity index (χ1v) is 15.3. The lowest BCUT2D eigenvalue weighted by molar-refractivity contribution is -0.137. The Bertz CT molecular complexity index is 1010. The Balaban J connectivity index is 1.67. The van der Waals surface area contributed by atoms with E-state index in [0.29, 0.717) is 32.4 Å². The van der Waals surface area contributed by atoms with E-state index in [0.717, 1.165) is 63.0 Å². The smallest absolute Gasteiger partial charge is 0.416 e. The SMILES string of the molecule is CCCN(C1CCN(C(CC)CC2CCC(C)N2C(=O)OCC)CC1)S(=O)(=O)c1ccc(C(F)(F)F)cc1. The second-order valence-electron chi connectivity index (χ2n) is 10.4. The lowest BCUT2D eigenvalue weighted by Gasteiger charge is -2.42. The van der Waals surface area contributed by atoms with Crippen molar-refractivity contribution in [3.8, 4) is 0 Å². The van der Waals surface area contributed by atoms with Crippen LogP contribution in [-0.2, 0) is 20.9 Å². The number of hydrogen-bond acceptors (Lipinski definition) is 5. The van der Waals surface area contributed by atoms with E-state index >= 15 is 0 Å². The molecule has 7 nitrogen and oxygen atoms in total. The van der Waals surface area contributed by atoms with E-state index in [1.807, 2.05) is 18.7 Å². The molecule has 0 saturated carbocycles. The van der Waals surface area contributed by atoms with Gasteiger partial charge < -0.3 is 14.5 Å². The molecule has 3 atom stereocenters. The van der Waals surface area contributed by atoms with Crippen LogP contribution in [0.25, 0.3) is 0 Å². The molecule has 1 aromatic rings. The molecule has 0 aliphatic carbocycles. The normalized spacial score (nSPS) is 22.7. The van der Waals surface area contributed by atoms with E-state index in [-0.39, 0.29) is 35.2 Å². The standard InChI is InChI=1S/C27H42F3N3O4S/c1-5-16-32(38(35,36)25-12-9-21(10-13-25)27(28,29)30)23-14-17-31(18-15-23)22(6-2)19-24-11-8-20(4)33(24)26(34)37-7-3/h9-10,12-13,20,22-24H,5-8,11,14-19H2,1-4H3. The first kappa shape index (κ1) is 30.7. The summed E-state index contributed by atoms with van der Waals surface area (Å²) in [6.07, 6.45) is 0.830. The molecule has 2 saturated heterocycles. The van der Waals surface area contributed by atoms with Crippen LogP contribution in [-0.4, -0.2) is 79.0 Å². The Morgan fingerprint density at radius 3 is 2.24 bits per heavy atom. The monoisotopic (exact) mass is 561 g/mol. The number of rotatable bonds is 10. The Labute approximate surface area is 225 Å². The Morgan fingerprint density at radius 2 is 1.71 bits per heavy atom. The number of likely N-dealkylation sites (tertiary alicyclic amines) is 2. The number of carbonyl (C=O) groups excluding carboxylic acids is 1. The maximum Gasteiger partial charge on any atom is 0.416 e.